The van der Waals surface area contributed by atoms with Crippen LogP contribution in [-0.2, 0) is 25.6 Å². The Hall–Kier alpha value is -4.41. The summed E-state index contributed by atoms with van der Waals surface area (Å²) in [6.45, 7) is 5.14. The molecule has 42 heavy (non-hydrogen) atoms. The van der Waals surface area contributed by atoms with Crippen molar-refractivity contribution in [2.45, 2.75) is 51.7 Å². The van der Waals surface area contributed by atoms with Crippen molar-refractivity contribution >= 4 is 29.5 Å². The minimum absolute atomic E-state index is 0.0142. The van der Waals surface area contributed by atoms with Crippen LogP contribution in [0.1, 0.15) is 43.1 Å². The first-order valence-corrected chi connectivity index (χ1v) is 14.1. The smallest absolute Gasteiger partial charge is 0.254 e. The predicted octanol–water partition coefficient (Wildman–Crippen LogP) is 1.37. The number of methoxy groups -OCH3 is 1. The monoisotopic (exact) mass is 579 g/mol. The number of likely N-dealkylation sites (N-methyl/N-ethyl adjacent to an activating group) is 1. The van der Waals surface area contributed by atoms with Crippen molar-refractivity contribution in [1.29, 1.82) is 0 Å². The topological polar surface area (TPSA) is 137 Å². The van der Waals surface area contributed by atoms with Crippen LogP contribution in [0.5, 0.6) is 5.75 Å². The van der Waals surface area contributed by atoms with Crippen LogP contribution in [0.4, 0.5) is 0 Å². The molecule has 0 spiro atoms. The average Bonchev–Trinajstić information content (AvgIpc) is 2.98. The predicted molar refractivity (Wildman–Crippen MR) is 158 cm³/mol. The van der Waals surface area contributed by atoms with E-state index in [1.165, 1.54) is 24.0 Å². The number of amides is 5. The van der Waals surface area contributed by atoms with E-state index in [2.05, 4.69) is 16.0 Å². The normalized spacial score (nSPS) is 21.1. The van der Waals surface area contributed by atoms with Gasteiger partial charge in [-0.25, -0.2) is 0 Å². The van der Waals surface area contributed by atoms with Crippen LogP contribution in [0.2, 0.25) is 0 Å². The molecule has 0 saturated carbocycles. The molecule has 0 unspecified atom stereocenters. The van der Waals surface area contributed by atoms with Gasteiger partial charge in [-0.05, 0) is 43.0 Å². The Labute approximate surface area is 247 Å². The highest BCUT2D eigenvalue weighted by atomic mass is 16.5. The number of rotatable bonds is 6. The molecular weight excluding hydrogens is 538 g/mol. The standard InChI is InChI=1S/C31H41N5O6/c1-20(2)16-26-31(41)35(4)21(3)28(38)34-25(17-22-10-7-6-8-11-22)29(39)32-14-15-36(19-27(37)33-26)30(40)23-12-9-13-24(18-23)42-5/h6-13,18,20-21,25-26H,14-17,19H2,1-5H3,(H,32,39)(H,33,37)(H,34,38)/t21-,25-,26-/m0/s1. The molecule has 0 aromatic heterocycles. The molecule has 0 radical (unpaired) electrons. The number of nitrogens with zero attached hydrogens (tertiary/aromatic N) is 2. The molecule has 3 rings (SSSR count). The fourth-order valence-electron chi connectivity index (χ4n) is 4.70. The van der Waals surface area contributed by atoms with Crippen LogP contribution in [0.25, 0.3) is 0 Å². The summed E-state index contributed by atoms with van der Waals surface area (Å²) in [5.41, 5.74) is 1.15. The van der Waals surface area contributed by atoms with Gasteiger partial charge in [-0.3, -0.25) is 24.0 Å². The van der Waals surface area contributed by atoms with Crippen molar-refractivity contribution in [2.75, 3.05) is 33.8 Å². The zero-order valence-electron chi connectivity index (χ0n) is 24.9. The first-order valence-electron chi connectivity index (χ1n) is 14.1. The summed E-state index contributed by atoms with van der Waals surface area (Å²) in [4.78, 5) is 69.4. The van der Waals surface area contributed by atoms with Gasteiger partial charge in [0.1, 0.15) is 23.9 Å². The molecule has 1 fully saturated rings. The highest BCUT2D eigenvalue weighted by Crippen LogP contribution is 2.15. The maximum atomic E-state index is 13.5. The lowest BCUT2D eigenvalue weighted by Crippen LogP contribution is -2.57. The zero-order valence-corrected chi connectivity index (χ0v) is 24.9. The van der Waals surface area contributed by atoms with Gasteiger partial charge in [-0.2, -0.15) is 0 Å². The summed E-state index contributed by atoms with van der Waals surface area (Å²) in [7, 11) is 2.99. The Morgan fingerprint density at radius 1 is 0.976 bits per heavy atom. The number of hydrogen-bond donors (Lipinski definition) is 3. The lowest BCUT2D eigenvalue weighted by Gasteiger charge is -2.30. The number of benzene rings is 2. The van der Waals surface area contributed by atoms with Gasteiger partial charge in [0, 0.05) is 32.1 Å². The van der Waals surface area contributed by atoms with Crippen LogP contribution in [0.3, 0.4) is 0 Å². The molecule has 3 N–H and O–H groups in total. The van der Waals surface area contributed by atoms with Crippen LogP contribution in [0, 0.1) is 5.92 Å². The summed E-state index contributed by atoms with van der Waals surface area (Å²) in [5.74, 6) is -1.81. The van der Waals surface area contributed by atoms with Crippen LogP contribution in [0.15, 0.2) is 54.6 Å². The molecule has 0 aliphatic carbocycles. The SMILES string of the molecule is COc1cccc(C(=O)N2CCNC(=O)[C@H](Cc3ccccc3)NC(=O)[C@H](C)N(C)C(=O)[C@H](CC(C)C)NC(=O)C2)c1. The van der Waals surface area contributed by atoms with E-state index >= 15 is 0 Å². The van der Waals surface area contributed by atoms with E-state index in [-0.39, 0.29) is 32.0 Å². The maximum Gasteiger partial charge on any atom is 0.254 e. The highest BCUT2D eigenvalue weighted by Gasteiger charge is 2.33. The number of carbonyl (C=O) groups is 5. The van der Waals surface area contributed by atoms with Gasteiger partial charge in [-0.15, -0.1) is 0 Å². The molecule has 5 amide bonds. The van der Waals surface area contributed by atoms with E-state index in [1.807, 2.05) is 44.2 Å². The molecular formula is C31H41N5O6. The third kappa shape index (κ3) is 8.79. The summed E-state index contributed by atoms with van der Waals surface area (Å²) >= 11 is 0. The molecule has 1 saturated heterocycles. The molecule has 1 aliphatic heterocycles. The van der Waals surface area contributed by atoms with E-state index in [4.69, 9.17) is 4.74 Å². The molecule has 226 valence electrons. The van der Waals surface area contributed by atoms with Gasteiger partial charge < -0.3 is 30.5 Å². The molecule has 1 aliphatic rings. The van der Waals surface area contributed by atoms with Crippen molar-refractivity contribution in [1.82, 2.24) is 25.8 Å². The number of carbonyl (C=O) groups excluding carboxylic acids is 5. The van der Waals surface area contributed by atoms with Crippen molar-refractivity contribution in [3.63, 3.8) is 0 Å². The summed E-state index contributed by atoms with van der Waals surface area (Å²) in [6.07, 6.45) is 0.565. The highest BCUT2D eigenvalue weighted by molar-refractivity contribution is 5.98. The van der Waals surface area contributed by atoms with E-state index in [0.717, 1.165) is 5.56 Å². The van der Waals surface area contributed by atoms with Gasteiger partial charge in [0.15, 0.2) is 0 Å². The van der Waals surface area contributed by atoms with Gasteiger partial charge in [-0.1, -0.05) is 50.2 Å². The van der Waals surface area contributed by atoms with Crippen molar-refractivity contribution in [3.8, 4) is 5.75 Å². The molecule has 2 aromatic carbocycles. The minimum atomic E-state index is -0.926. The molecule has 1 heterocycles. The number of nitrogens with one attached hydrogen (secondary N) is 3. The van der Waals surface area contributed by atoms with E-state index in [9.17, 15) is 24.0 Å². The Morgan fingerprint density at radius 2 is 1.69 bits per heavy atom. The Bertz CT molecular complexity index is 1270. The first kappa shape index (κ1) is 32.1. The summed E-state index contributed by atoms with van der Waals surface area (Å²) in [5, 5.41) is 8.37. The molecule has 11 nitrogen and oxygen atoms in total. The molecule has 0 bridgehead atoms. The van der Waals surface area contributed by atoms with Gasteiger partial charge in [0.05, 0.1) is 13.7 Å². The fraction of sp³-hybridized carbons (Fsp3) is 0.452. The molecule has 2 aromatic rings. The molecule has 11 heteroatoms. The van der Waals surface area contributed by atoms with Gasteiger partial charge >= 0.3 is 0 Å². The van der Waals surface area contributed by atoms with Gasteiger partial charge in [0.2, 0.25) is 23.6 Å². The number of hydrogen-bond acceptors (Lipinski definition) is 6. The van der Waals surface area contributed by atoms with E-state index in [1.54, 1.807) is 31.2 Å². The first-order chi connectivity index (χ1) is 20.0. The van der Waals surface area contributed by atoms with Crippen molar-refractivity contribution < 1.29 is 28.7 Å². The second-order valence-electron chi connectivity index (χ2n) is 10.9. The van der Waals surface area contributed by atoms with Crippen molar-refractivity contribution in [2.24, 2.45) is 5.92 Å². The van der Waals surface area contributed by atoms with E-state index < -0.39 is 47.7 Å². The number of ether oxygens (including phenoxy) is 1. The van der Waals surface area contributed by atoms with E-state index in [0.29, 0.717) is 17.7 Å². The quantitative estimate of drug-likeness (QED) is 0.473. The third-order valence-electron chi connectivity index (χ3n) is 7.18. The van der Waals surface area contributed by atoms with Crippen molar-refractivity contribution in [3.05, 3.63) is 65.7 Å². The Morgan fingerprint density at radius 3 is 2.36 bits per heavy atom. The summed E-state index contributed by atoms with van der Waals surface area (Å²) in [6, 6.07) is 13.1. The third-order valence-corrected chi connectivity index (χ3v) is 7.18. The maximum absolute atomic E-state index is 13.5. The largest absolute Gasteiger partial charge is 0.497 e. The second-order valence-corrected chi connectivity index (χ2v) is 10.9. The second kappa shape index (κ2) is 15.0. The van der Waals surface area contributed by atoms with Crippen LogP contribution < -0.4 is 20.7 Å². The minimum Gasteiger partial charge on any atom is -0.497 e. The van der Waals surface area contributed by atoms with Crippen LogP contribution >= 0.6 is 0 Å². The Balaban J connectivity index is 1.95. The molecule has 3 atom stereocenters. The zero-order chi connectivity index (χ0) is 30.8. The lowest BCUT2D eigenvalue weighted by molar-refractivity contribution is -0.142. The average molecular weight is 580 g/mol. The lowest BCUT2D eigenvalue weighted by atomic mass is 10.0. The van der Waals surface area contributed by atoms with Crippen LogP contribution in [-0.4, -0.2) is 91.3 Å². The Kier molecular flexibility index (Phi) is 11.5. The summed E-state index contributed by atoms with van der Waals surface area (Å²) < 4.78 is 5.24. The van der Waals surface area contributed by atoms with Gasteiger partial charge in [0.25, 0.3) is 5.91 Å². The fourth-order valence-corrected chi connectivity index (χ4v) is 4.70.